The fourth-order valence-corrected chi connectivity index (χ4v) is 9.83. The lowest BCUT2D eigenvalue weighted by Crippen LogP contribution is -2.10. The van der Waals surface area contributed by atoms with Crippen LogP contribution >= 0.6 is 0 Å². The van der Waals surface area contributed by atoms with E-state index in [4.69, 9.17) is 0 Å². The van der Waals surface area contributed by atoms with Gasteiger partial charge >= 0.3 is 0 Å². The number of rotatable bonds is 9. The van der Waals surface area contributed by atoms with E-state index >= 15 is 0 Å². The van der Waals surface area contributed by atoms with E-state index < -0.39 is 0 Å². The zero-order valence-electron chi connectivity index (χ0n) is 35.3. The van der Waals surface area contributed by atoms with Crippen molar-refractivity contribution in [2.75, 3.05) is 9.80 Å². The predicted octanol–water partition coefficient (Wildman–Crippen LogP) is 16.3. The molecule has 4 nitrogen and oxygen atoms in total. The third-order valence-electron chi connectivity index (χ3n) is 12.7. The maximum Gasteiger partial charge on any atom is 0.0561 e. The summed E-state index contributed by atoms with van der Waals surface area (Å²) in [6, 6.07) is 83.3. The van der Waals surface area contributed by atoms with Crippen LogP contribution in [-0.2, 0) is 6.42 Å². The van der Waals surface area contributed by atoms with Gasteiger partial charge in [-0.15, -0.1) is 0 Å². The quantitative estimate of drug-likeness (QED) is 0.144. The zero-order chi connectivity index (χ0) is 42.4. The van der Waals surface area contributed by atoms with Gasteiger partial charge in [-0.3, -0.25) is 0 Å². The molecule has 0 saturated heterocycles. The number of allylic oxidation sites excluding steroid dienone is 1. The molecule has 64 heavy (non-hydrogen) atoms. The number of fused-ring (bicyclic) bond motifs is 6. The molecule has 12 rings (SSSR count). The van der Waals surface area contributed by atoms with E-state index in [-0.39, 0.29) is 0 Å². The van der Waals surface area contributed by atoms with Gasteiger partial charge in [-0.2, -0.15) is 0 Å². The fraction of sp³-hybridized carbons (Fsp3) is 0.0333. The number of nitrogens with zero attached hydrogens (tertiary/aromatic N) is 4. The highest BCUT2D eigenvalue weighted by atomic mass is 15.2. The maximum absolute atomic E-state index is 2.43. The summed E-state index contributed by atoms with van der Waals surface area (Å²) in [6.07, 6.45) is 6.72. The smallest absolute Gasteiger partial charge is 0.0561 e. The second kappa shape index (κ2) is 15.8. The number of aryl methyl sites for hydroxylation is 1. The Bertz CT molecular complexity index is 3460. The Morgan fingerprint density at radius 1 is 0.328 bits per heavy atom. The van der Waals surface area contributed by atoms with Gasteiger partial charge < -0.3 is 18.9 Å². The number of anilines is 6. The van der Waals surface area contributed by atoms with Crippen LogP contribution in [0.2, 0.25) is 0 Å². The number of hydrogen-bond donors (Lipinski definition) is 0. The second-order valence-electron chi connectivity index (χ2n) is 16.5. The van der Waals surface area contributed by atoms with Crippen LogP contribution in [0.25, 0.3) is 61.3 Å². The van der Waals surface area contributed by atoms with Crippen LogP contribution in [0.5, 0.6) is 0 Å². The highest BCUT2D eigenvalue weighted by molar-refractivity contribution is 6.10. The molecule has 0 N–H and O–H groups in total. The molecule has 2 heterocycles. The first-order valence-electron chi connectivity index (χ1n) is 22.2. The molecule has 2 aromatic heterocycles. The Labute approximate surface area is 373 Å². The molecule has 0 spiro atoms. The molecule has 1 aliphatic carbocycles. The SMILES string of the molecule is C1=Cc2c(c3ccc(N(c4ccccc4)c4ccc(-c5ccc(N(c6ccccc6)c6ccc7c8ccccc8n(-c8ccccc8)c7c6)cc5)cc4)cc3n2-c2ccccc2)CC1. The molecular weight excluding hydrogens is 777 g/mol. The minimum Gasteiger partial charge on any atom is -0.310 e. The molecule has 9 aromatic carbocycles. The molecule has 4 heteroatoms. The van der Waals surface area contributed by atoms with Gasteiger partial charge in [-0.25, -0.2) is 0 Å². The van der Waals surface area contributed by atoms with Crippen molar-refractivity contribution < 1.29 is 0 Å². The molecule has 0 radical (unpaired) electrons. The third-order valence-corrected chi connectivity index (χ3v) is 12.7. The summed E-state index contributed by atoms with van der Waals surface area (Å²) < 4.78 is 4.82. The summed E-state index contributed by atoms with van der Waals surface area (Å²) >= 11 is 0. The van der Waals surface area contributed by atoms with Gasteiger partial charge in [0.05, 0.1) is 16.6 Å². The lowest BCUT2D eigenvalue weighted by Gasteiger charge is -2.26. The number of aromatic nitrogens is 2. The highest BCUT2D eigenvalue weighted by Crippen LogP contribution is 2.43. The summed E-state index contributed by atoms with van der Waals surface area (Å²) in [7, 11) is 0. The van der Waals surface area contributed by atoms with Gasteiger partial charge in [0.15, 0.2) is 0 Å². The molecule has 304 valence electrons. The Balaban J connectivity index is 0.910. The first-order chi connectivity index (χ1) is 31.8. The first-order valence-corrected chi connectivity index (χ1v) is 22.2. The van der Waals surface area contributed by atoms with Crippen LogP contribution in [0.3, 0.4) is 0 Å². The van der Waals surface area contributed by atoms with E-state index in [9.17, 15) is 0 Å². The zero-order valence-corrected chi connectivity index (χ0v) is 35.3. The molecule has 0 bridgehead atoms. The van der Waals surface area contributed by atoms with Gasteiger partial charge in [0.25, 0.3) is 0 Å². The average molecular weight is 821 g/mol. The molecular formula is C60H44N4. The standard InChI is InChI=1S/C60H44N4/c1-5-17-45(18-6-1)61(51-37-39-55-53-25-13-15-27-57(53)63(59(55)41-51)47-21-9-3-10-22-47)49-33-29-43(30-34-49)44-31-35-50(36-32-44)62(46-19-7-2-8-20-46)52-38-40-56-54-26-14-16-28-58(54)64(60(56)42-52)48-23-11-4-12-24-48/h1-13,15-25,27-42H,14,26H2. The molecule has 0 aliphatic heterocycles. The van der Waals surface area contributed by atoms with Gasteiger partial charge in [-0.1, -0.05) is 133 Å². The Kier molecular flexibility index (Phi) is 9.27. The van der Waals surface area contributed by atoms with E-state index in [1.807, 2.05) is 0 Å². The summed E-state index contributed by atoms with van der Waals surface area (Å²) in [4.78, 5) is 4.73. The van der Waals surface area contributed by atoms with Crippen molar-refractivity contribution in [3.63, 3.8) is 0 Å². The predicted molar refractivity (Wildman–Crippen MR) is 270 cm³/mol. The maximum atomic E-state index is 2.43. The first kappa shape index (κ1) is 37.4. The summed E-state index contributed by atoms with van der Waals surface area (Å²) in [5, 5.41) is 3.80. The summed E-state index contributed by atoms with van der Waals surface area (Å²) in [5.41, 5.74) is 17.6. The molecule has 0 unspecified atom stereocenters. The van der Waals surface area contributed by atoms with Crippen molar-refractivity contribution in [2.45, 2.75) is 12.8 Å². The lowest BCUT2D eigenvalue weighted by atomic mass is 10.0. The van der Waals surface area contributed by atoms with Crippen molar-refractivity contribution in [1.29, 1.82) is 0 Å². The number of para-hydroxylation sites is 5. The third kappa shape index (κ3) is 6.47. The van der Waals surface area contributed by atoms with Crippen LogP contribution in [0.15, 0.2) is 237 Å². The van der Waals surface area contributed by atoms with Gasteiger partial charge in [0.1, 0.15) is 0 Å². The van der Waals surface area contributed by atoms with E-state index in [0.717, 1.165) is 63.8 Å². The molecule has 0 atom stereocenters. The minimum atomic E-state index is 1.05. The Morgan fingerprint density at radius 2 is 0.750 bits per heavy atom. The number of hydrogen-bond acceptors (Lipinski definition) is 2. The average Bonchev–Trinajstić information content (AvgIpc) is 3.88. The van der Waals surface area contributed by atoms with Crippen molar-refractivity contribution in [3.05, 3.63) is 248 Å². The van der Waals surface area contributed by atoms with Gasteiger partial charge in [0.2, 0.25) is 0 Å². The van der Waals surface area contributed by atoms with E-state index in [1.54, 1.807) is 0 Å². The van der Waals surface area contributed by atoms with Gasteiger partial charge in [0, 0.05) is 67.4 Å². The summed E-state index contributed by atoms with van der Waals surface area (Å²) in [6.45, 7) is 0. The van der Waals surface area contributed by atoms with Crippen LogP contribution in [-0.4, -0.2) is 9.13 Å². The van der Waals surface area contributed by atoms with Crippen LogP contribution < -0.4 is 9.80 Å². The highest BCUT2D eigenvalue weighted by Gasteiger charge is 2.22. The molecule has 0 amide bonds. The van der Waals surface area contributed by atoms with Crippen molar-refractivity contribution in [1.82, 2.24) is 9.13 Å². The topological polar surface area (TPSA) is 16.3 Å². The van der Waals surface area contributed by atoms with Crippen LogP contribution in [0, 0.1) is 0 Å². The summed E-state index contributed by atoms with van der Waals surface area (Å²) in [5.74, 6) is 0. The second-order valence-corrected chi connectivity index (χ2v) is 16.5. The van der Waals surface area contributed by atoms with E-state index in [2.05, 4.69) is 262 Å². The van der Waals surface area contributed by atoms with Gasteiger partial charge in [-0.05, 0) is 139 Å². The van der Waals surface area contributed by atoms with E-state index in [1.165, 1.54) is 49.7 Å². The molecule has 1 aliphatic rings. The monoisotopic (exact) mass is 820 g/mol. The molecule has 0 fully saturated rings. The molecule has 11 aromatic rings. The number of benzene rings is 9. The molecule has 0 saturated carbocycles. The lowest BCUT2D eigenvalue weighted by molar-refractivity contribution is 0.967. The largest absolute Gasteiger partial charge is 0.310 e. The van der Waals surface area contributed by atoms with Crippen LogP contribution in [0.4, 0.5) is 34.1 Å². The minimum absolute atomic E-state index is 1.05. The van der Waals surface area contributed by atoms with Crippen LogP contribution in [0.1, 0.15) is 17.7 Å². The van der Waals surface area contributed by atoms with Crippen molar-refractivity contribution >= 4 is 72.9 Å². The Morgan fingerprint density at radius 3 is 1.31 bits per heavy atom. The van der Waals surface area contributed by atoms with Crippen molar-refractivity contribution in [3.8, 4) is 22.5 Å². The fourth-order valence-electron chi connectivity index (χ4n) is 9.83. The van der Waals surface area contributed by atoms with Crippen molar-refractivity contribution in [2.24, 2.45) is 0 Å². The normalized spacial score (nSPS) is 12.2. The van der Waals surface area contributed by atoms with E-state index in [0.29, 0.717) is 0 Å². The Hall–Kier alpha value is -8.34.